The fourth-order valence-electron chi connectivity index (χ4n) is 1.15. The summed E-state index contributed by atoms with van der Waals surface area (Å²) in [5.41, 5.74) is 0.344. The van der Waals surface area contributed by atoms with Crippen LogP contribution in [0, 0.1) is 5.82 Å². The number of benzene rings is 1. The van der Waals surface area contributed by atoms with E-state index in [1.54, 1.807) is 6.92 Å². The molecule has 1 unspecified atom stereocenters. The minimum atomic E-state index is -3.05. The number of ether oxygens (including phenoxy) is 1. The summed E-state index contributed by atoms with van der Waals surface area (Å²) in [4.78, 5) is 0. The average molecular weight is 220 g/mol. The van der Waals surface area contributed by atoms with Crippen molar-refractivity contribution in [1.29, 1.82) is 0 Å². The number of halogens is 3. The lowest BCUT2D eigenvalue weighted by Gasteiger charge is -2.10. The topological polar surface area (TPSA) is 29.5 Å². The summed E-state index contributed by atoms with van der Waals surface area (Å²) in [6.45, 7) is -1.33. The van der Waals surface area contributed by atoms with E-state index >= 15 is 0 Å². The smallest absolute Gasteiger partial charge is 0.387 e. The SMILES string of the molecule is CCC(O)c1ccc(OC(F)F)c(F)c1. The van der Waals surface area contributed by atoms with Gasteiger partial charge in [0.05, 0.1) is 6.10 Å². The Balaban J connectivity index is 2.88. The predicted molar refractivity (Wildman–Crippen MR) is 48.3 cm³/mol. The first-order chi connectivity index (χ1) is 7.04. The summed E-state index contributed by atoms with van der Waals surface area (Å²) in [6, 6.07) is 3.43. The van der Waals surface area contributed by atoms with E-state index in [-0.39, 0.29) is 0 Å². The average Bonchev–Trinajstić information content (AvgIpc) is 2.19. The van der Waals surface area contributed by atoms with Crippen LogP contribution in [0.2, 0.25) is 0 Å². The van der Waals surface area contributed by atoms with Crippen molar-refractivity contribution >= 4 is 0 Å². The monoisotopic (exact) mass is 220 g/mol. The number of rotatable bonds is 4. The molecule has 0 aliphatic heterocycles. The second-order valence-corrected chi connectivity index (χ2v) is 2.99. The molecular weight excluding hydrogens is 209 g/mol. The summed E-state index contributed by atoms with van der Waals surface area (Å²) in [6.07, 6.45) is -0.366. The second kappa shape index (κ2) is 5.02. The molecule has 0 bridgehead atoms. The molecule has 2 nitrogen and oxygen atoms in total. The molecule has 0 spiro atoms. The highest BCUT2D eigenvalue weighted by Crippen LogP contribution is 2.24. The van der Waals surface area contributed by atoms with Crippen LogP contribution >= 0.6 is 0 Å². The molecule has 84 valence electrons. The number of hydrogen-bond donors (Lipinski definition) is 1. The van der Waals surface area contributed by atoms with Crippen LogP contribution < -0.4 is 4.74 Å². The Bertz CT molecular complexity index is 328. The van der Waals surface area contributed by atoms with Gasteiger partial charge < -0.3 is 9.84 Å². The fraction of sp³-hybridized carbons (Fsp3) is 0.400. The van der Waals surface area contributed by atoms with E-state index in [0.717, 1.165) is 12.1 Å². The van der Waals surface area contributed by atoms with Crippen molar-refractivity contribution in [1.82, 2.24) is 0 Å². The van der Waals surface area contributed by atoms with Crippen molar-refractivity contribution in [2.45, 2.75) is 26.1 Å². The third-order valence-electron chi connectivity index (χ3n) is 1.94. The summed E-state index contributed by atoms with van der Waals surface area (Å²) in [5.74, 6) is -1.42. The maximum atomic E-state index is 13.1. The first kappa shape index (κ1) is 11.8. The van der Waals surface area contributed by atoms with Gasteiger partial charge in [0.1, 0.15) is 0 Å². The molecule has 0 saturated heterocycles. The van der Waals surface area contributed by atoms with Gasteiger partial charge in [-0.3, -0.25) is 0 Å². The molecular formula is C10H11F3O2. The van der Waals surface area contributed by atoms with Crippen molar-refractivity contribution < 1.29 is 23.0 Å². The molecule has 0 aliphatic rings. The van der Waals surface area contributed by atoms with Crippen LogP contribution in [0.1, 0.15) is 25.0 Å². The van der Waals surface area contributed by atoms with E-state index < -0.39 is 24.3 Å². The van der Waals surface area contributed by atoms with Gasteiger partial charge in [0.25, 0.3) is 0 Å². The molecule has 15 heavy (non-hydrogen) atoms. The quantitative estimate of drug-likeness (QED) is 0.845. The van der Waals surface area contributed by atoms with Gasteiger partial charge in [0, 0.05) is 0 Å². The Kier molecular flexibility index (Phi) is 3.96. The van der Waals surface area contributed by atoms with Crippen LogP contribution in [0.25, 0.3) is 0 Å². The molecule has 0 saturated carbocycles. The third-order valence-corrected chi connectivity index (χ3v) is 1.94. The molecule has 0 radical (unpaired) electrons. The number of alkyl halides is 2. The normalized spacial score (nSPS) is 12.9. The molecule has 1 aromatic carbocycles. The highest BCUT2D eigenvalue weighted by molar-refractivity contribution is 5.30. The lowest BCUT2D eigenvalue weighted by molar-refractivity contribution is -0.0522. The van der Waals surface area contributed by atoms with Gasteiger partial charge in [-0.1, -0.05) is 13.0 Å². The minimum Gasteiger partial charge on any atom is -0.432 e. The van der Waals surface area contributed by atoms with Crippen molar-refractivity contribution in [3.63, 3.8) is 0 Å². The summed E-state index contributed by atoms with van der Waals surface area (Å²) in [7, 11) is 0. The molecule has 0 amide bonds. The number of hydrogen-bond acceptors (Lipinski definition) is 2. The van der Waals surface area contributed by atoms with E-state index in [9.17, 15) is 18.3 Å². The Morgan fingerprint density at radius 2 is 2.07 bits per heavy atom. The molecule has 0 fully saturated rings. The predicted octanol–water partition coefficient (Wildman–Crippen LogP) is 2.87. The van der Waals surface area contributed by atoms with Gasteiger partial charge in [0.2, 0.25) is 0 Å². The van der Waals surface area contributed by atoms with Crippen LogP contribution in [-0.2, 0) is 0 Å². The molecule has 0 heterocycles. The summed E-state index contributed by atoms with van der Waals surface area (Å²) < 4.78 is 40.6. The maximum Gasteiger partial charge on any atom is 0.387 e. The van der Waals surface area contributed by atoms with Gasteiger partial charge in [-0.05, 0) is 24.1 Å². The number of aliphatic hydroxyl groups is 1. The first-order valence-electron chi connectivity index (χ1n) is 4.47. The highest BCUT2D eigenvalue weighted by atomic mass is 19.3. The third kappa shape index (κ3) is 3.13. The van der Waals surface area contributed by atoms with E-state index in [1.807, 2.05) is 0 Å². The second-order valence-electron chi connectivity index (χ2n) is 2.99. The van der Waals surface area contributed by atoms with Crippen LogP contribution in [0.15, 0.2) is 18.2 Å². The van der Waals surface area contributed by atoms with Crippen molar-refractivity contribution in [2.75, 3.05) is 0 Å². The fourth-order valence-corrected chi connectivity index (χ4v) is 1.15. The largest absolute Gasteiger partial charge is 0.432 e. The molecule has 1 atom stereocenters. The van der Waals surface area contributed by atoms with Crippen molar-refractivity contribution in [3.8, 4) is 5.75 Å². The Hall–Kier alpha value is -1.23. The van der Waals surface area contributed by atoms with Crippen molar-refractivity contribution in [3.05, 3.63) is 29.6 Å². The minimum absolute atomic E-state index is 0.344. The van der Waals surface area contributed by atoms with Gasteiger partial charge >= 0.3 is 6.61 Å². The lowest BCUT2D eigenvalue weighted by Crippen LogP contribution is -2.04. The van der Waals surface area contributed by atoms with Crippen LogP contribution in [0.5, 0.6) is 5.75 Å². The summed E-state index contributed by atoms with van der Waals surface area (Å²) in [5, 5.41) is 9.37. The zero-order chi connectivity index (χ0) is 11.4. The molecule has 1 N–H and O–H groups in total. The van der Waals surface area contributed by atoms with Gasteiger partial charge in [0.15, 0.2) is 11.6 Å². The highest BCUT2D eigenvalue weighted by Gasteiger charge is 2.12. The van der Waals surface area contributed by atoms with Crippen LogP contribution in [-0.4, -0.2) is 11.7 Å². The van der Waals surface area contributed by atoms with Crippen LogP contribution in [0.4, 0.5) is 13.2 Å². The van der Waals surface area contributed by atoms with Gasteiger partial charge in [-0.15, -0.1) is 0 Å². The van der Waals surface area contributed by atoms with Gasteiger partial charge in [-0.25, -0.2) is 4.39 Å². The molecule has 1 aromatic rings. The molecule has 5 heteroatoms. The van der Waals surface area contributed by atoms with Crippen LogP contribution in [0.3, 0.4) is 0 Å². The zero-order valence-electron chi connectivity index (χ0n) is 8.08. The molecule has 0 aliphatic carbocycles. The Morgan fingerprint density at radius 3 is 2.53 bits per heavy atom. The van der Waals surface area contributed by atoms with E-state index in [0.29, 0.717) is 12.0 Å². The first-order valence-corrected chi connectivity index (χ1v) is 4.47. The van der Waals surface area contributed by atoms with Crippen molar-refractivity contribution in [2.24, 2.45) is 0 Å². The van der Waals surface area contributed by atoms with E-state index in [1.165, 1.54) is 6.07 Å². The van der Waals surface area contributed by atoms with Gasteiger partial charge in [-0.2, -0.15) is 8.78 Å². The Morgan fingerprint density at radius 1 is 1.40 bits per heavy atom. The summed E-state index contributed by atoms with van der Waals surface area (Å²) >= 11 is 0. The zero-order valence-corrected chi connectivity index (χ0v) is 8.08. The lowest BCUT2D eigenvalue weighted by atomic mass is 10.1. The van der Waals surface area contributed by atoms with E-state index in [2.05, 4.69) is 4.74 Å². The number of aliphatic hydroxyl groups excluding tert-OH is 1. The van der Waals surface area contributed by atoms with E-state index in [4.69, 9.17) is 0 Å². The standard InChI is InChI=1S/C10H11F3O2/c1-2-8(14)6-3-4-9(7(11)5-6)15-10(12)13/h3-5,8,10,14H,2H2,1H3. The Labute approximate surface area is 85.3 Å². The maximum absolute atomic E-state index is 13.1. The molecule has 0 aromatic heterocycles. The molecule has 1 rings (SSSR count).